The molecule has 8 N–H and O–H groups in total. The fourth-order valence-corrected chi connectivity index (χ4v) is 2.30. The normalized spacial score (nSPS) is 14.8. The predicted molar refractivity (Wildman–Crippen MR) is 102 cm³/mol. The van der Waals surface area contributed by atoms with Crippen molar-refractivity contribution < 1.29 is 34.5 Å². The number of hydrogen-bond acceptors (Lipinski definition) is 7. The standard InChI is InChI=1S/C18H26N4O7/c1-9(16(26)22-15(10(2)23)18(28)29)21-14(25)8-20-17(27)13(19)7-11-3-5-12(24)6-4-11/h3-6,9-10,13,15,23-24H,7-8,19H2,1-2H3,(H,20,27)(H,21,25)(H,22,26)(H,28,29). The fraction of sp³-hybridized carbons (Fsp3) is 0.444. The summed E-state index contributed by atoms with van der Waals surface area (Å²) in [6.45, 7) is 2.10. The quantitative estimate of drug-likeness (QED) is 0.227. The molecule has 4 unspecified atom stereocenters. The third-order valence-electron chi connectivity index (χ3n) is 3.97. The molecule has 3 amide bonds. The van der Waals surface area contributed by atoms with Crippen molar-refractivity contribution in [2.24, 2.45) is 5.73 Å². The van der Waals surface area contributed by atoms with Gasteiger partial charge in [-0.2, -0.15) is 0 Å². The monoisotopic (exact) mass is 410 g/mol. The minimum atomic E-state index is -1.51. The number of nitrogens with one attached hydrogen (secondary N) is 3. The molecule has 0 heterocycles. The van der Waals surface area contributed by atoms with Gasteiger partial charge < -0.3 is 37.0 Å². The van der Waals surface area contributed by atoms with E-state index in [0.29, 0.717) is 0 Å². The van der Waals surface area contributed by atoms with E-state index >= 15 is 0 Å². The van der Waals surface area contributed by atoms with Crippen LogP contribution in [-0.2, 0) is 25.6 Å². The Bertz CT molecular complexity index is 736. The average molecular weight is 410 g/mol. The minimum Gasteiger partial charge on any atom is -0.508 e. The van der Waals surface area contributed by atoms with Crippen LogP contribution in [0.4, 0.5) is 0 Å². The summed E-state index contributed by atoms with van der Waals surface area (Å²) < 4.78 is 0. The summed E-state index contributed by atoms with van der Waals surface area (Å²) in [5.41, 5.74) is 6.51. The maximum Gasteiger partial charge on any atom is 0.328 e. The van der Waals surface area contributed by atoms with Crippen LogP contribution in [0.1, 0.15) is 19.4 Å². The molecule has 0 aromatic heterocycles. The van der Waals surface area contributed by atoms with Crippen molar-refractivity contribution in [3.05, 3.63) is 29.8 Å². The van der Waals surface area contributed by atoms with Crippen LogP contribution < -0.4 is 21.7 Å². The van der Waals surface area contributed by atoms with Crippen LogP contribution in [0.5, 0.6) is 5.75 Å². The van der Waals surface area contributed by atoms with Crippen LogP contribution >= 0.6 is 0 Å². The number of benzene rings is 1. The molecule has 160 valence electrons. The molecular weight excluding hydrogens is 384 g/mol. The van der Waals surface area contributed by atoms with Gasteiger partial charge in [0.05, 0.1) is 18.7 Å². The number of phenols is 1. The molecule has 1 rings (SSSR count). The van der Waals surface area contributed by atoms with E-state index in [1.54, 1.807) is 12.1 Å². The first-order chi connectivity index (χ1) is 13.5. The Morgan fingerprint density at radius 1 is 1.03 bits per heavy atom. The Morgan fingerprint density at radius 2 is 1.62 bits per heavy atom. The van der Waals surface area contributed by atoms with Crippen molar-refractivity contribution in [2.75, 3.05) is 6.54 Å². The SMILES string of the molecule is CC(NC(=O)CNC(=O)C(N)Cc1ccc(O)cc1)C(=O)NC(C(=O)O)C(C)O. The second kappa shape index (κ2) is 11.0. The number of amides is 3. The molecule has 0 bridgehead atoms. The molecule has 0 saturated carbocycles. The first-order valence-corrected chi connectivity index (χ1v) is 8.83. The van der Waals surface area contributed by atoms with E-state index in [-0.39, 0.29) is 12.2 Å². The Balaban J connectivity index is 2.44. The predicted octanol–water partition coefficient (Wildman–Crippen LogP) is -2.17. The van der Waals surface area contributed by atoms with E-state index in [9.17, 15) is 29.4 Å². The van der Waals surface area contributed by atoms with E-state index in [1.807, 2.05) is 0 Å². The van der Waals surface area contributed by atoms with Crippen molar-refractivity contribution in [1.29, 1.82) is 0 Å². The summed E-state index contributed by atoms with van der Waals surface area (Å²) in [5, 5.41) is 34.3. The number of aliphatic carboxylic acids is 1. The molecular formula is C18H26N4O7. The van der Waals surface area contributed by atoms with Crippen molar-refractivity contribution in [3.8, 4) is 5.75 Å². The third-order valence-corrected chi connectivity index (χ3v) is 3.97. The number of phenolic OH excluding ortho intramolecular Hbond substituents is 1. The van der Waals surface area contributed by atoms with Crippen molar-refractivity contribution >= 4 is 23.7 Å². The minimum absolute atomic E-state index is 0.0877. The van der Waals surface area contributed by atoms with Crippen LogP contribution in [-0.4, -0.2) is 69.8 Å². The van der Waals surface area contributed by atoms with Crippen LogP contribution in [0.3, 0.4) is 0 Å². The van der Waals surface area contributed by atoms with Gasteiger partial charge in [-0.3, -0.25) is 14.4 Å². The molecule has 0 radical (unpaired) electrons. The van der Waals surface area contributed by atoms with E-state index in [2.05, 4.69) is 16.0 Å². The highest BCUT2D eigenvalue weighted by Crippen LogP contribution is 2.10. The number of carboxylic acid groups (broad SMARTS) is 1. The molecule has 4 atom stereocenters. The van der Waals surface area contributed by atoms with Crippen molar-refractivity contribution in [2.45, 2.75) is 44.5 Å². The van der Waals surface area contributed by atoms with Crippen LogP contribution in [0.2, 0.25) is 0 Å². The number of aliphatic hydroxyl groups excluding tert-OH is 1. The van der Waals surface area contributed by atoms with Crippen molar-refractivity contribution in [3.63, 3.8) is 0 Å². The first kappa shape index (κ1) is 23.9. The van der Waals surface area contributed by atoms with Gasteiger partial charge in [-0.15, -0.1) is 0 Å². The molecule has 0 spiro atoms. The van der Waals surface area contributed by atoms with Gasteiger partial charge in [0.2, 0.25) is 17.7 Å². The zero-order chi connectivity index (χ0) is 22.1. The highest BCUT2D eigenvalue weighted by Gasteiger charge is 2.27. The highest BCUT2D eigenvalue weighted by atomic mass is 16.4. The Labute approximate surface area is 167 Å². The van der Waals surface area contributed by atoms with E-state index in [1.165, 1.54) is 26.0 Å². The lowest BCUT2D eigenvalue weighted by Gasteiger charge is -2.20. The van der Waals surface area contributed by atoms with Gasteiger partial charge >= 0.3 is 5.97 Å². The lowest BCUT2D eigenvalue weighted by molar-refractivity contribution is -0.145. The molecule has 1 aromatic rings. The number of carbonyl (C=O) groups is 4. The summed E-state index contributed by atoms with van der Waals surface area (Å²) in [6, 6.07) is 2.64. The number of rotatable bonds is 10. The molecule has 0 aliphatic rings. The number of nitrogens with two attached hydrogens (primary N) is 1. The highest BCUT2D eigenvalue weighted by molar-refractivity contribution is 5.92. The number of carboxylic acids is 1. The largest absolute Gasteiger partial charge is 0.508 e. The number of hydrogen-bond donors (Lipinski definition) is 7. The van der Waals surface area contributed by atoms with Gasteiger partial charge in [0, 0.05) is 0 Å². The topological polar surface area (TPSA) is 191 Å². The molecule has 0 saturated heterocycles. The number of carbonyl (C=O) groups excluding carboxylic acids is 3. The second-order valence-electron chi connectivity index (χ2n) is 6.55. The van der Waals surface area contributed by atoms with E-state index in [4.69, 9.17) is 10.8 Å². The molecule has 0 fully saturated rings. The van der Waals surface area contributed by atoms with Gasteiger partial charge in [-0.05, 0) is 38.0 Å². The Kier molecular flexibility index (Phi) is 9.03. The summed E-state index contributed by atoms with van der Waals surface area (Å²) in [5.74, 6) is -3.39. The molecule has 11 heteroatoms. The molecule has 29 heavy (non-hydrogen) atoms. The summed E-state index contributed by atoms with van der Waals surface area (Å²) in [4.78, 5) is 46.8. The van der Waals surface area contributed by atoms with Gasteiger partial charge in [0.1, 0.15) is 11.8 Å². The van der Waals surface area contributed by atoms with Gasteiger partial charge in [-0.25, -0.2) is 4.79 Å². The smallest absolute Gasteiger partial charge is 0.328 e. The Morgan fingerprint density at radius 3 is 2.14 bits per heavy atom. The zero-order valence-electron chi connectivity index (χ0n) is 16.1. The zero-order valence-corrected chi connectivity index (χ0v) is 16.1. The van der Waals surface area contributed by atoms with Crippen LogP contribution in [0.15, 0.2) is 24.3 Å². The van der Waals surface area contributed by atoms with E-state index in [0.717, 1.165) is 5.56 Å². The lowest BCUT2D eigenvalue weighted by Crippen LogP contribution is -2.55. The second-order valence-corrected chi connectivity index (χ2v) is 6.55. The Hall–Kier alpha value is -3.18. The van der Waals surface area contributed by atoms with Gasteiger partial charge in [0.15, 0.2) is 6.04 Å². The van der Waals surface area contributed by atoms with Crippen LogP contribution in [0.25, 0.3) is 0 Å². The summed E-state index contributed by atoms with van der Waals surface area (Å²) in [6.07, 6.45) is -1.13. The lowest BCUT2D eigenvalue weighted by atomic mass is 10.1. The maximum absolute atomic E-state index is 12.0. The molecule has 0 aliphatic carbocycles. The summed E-state index contributed by atoms with van der Waals surface area (Å²) in [7, 11) is 0. The average Bonchev–Trinajstić information content (AvgIpc) is 2.64. The first-order valence-electron chi connectivity index (χ1n) is 8.83. The van der Waals surface area contributed by atoms with Gasteiger partial charge in [0.25, 0.3) is 0 Å². The number of aliphatic hydroxyl groups is 1. The molecule has 1 aromatic carbocycles. The maximum atomic E-state index is 12.0. The molecule has 0 aliphatic heterocycles. The van der Waals surface area contributed by atoms with E-state index < -0.39 is 54.5 Å². The van der Waals surface area contributed by atoms with Gasteiger partial charge in [-0.1, -0.05) is 12.1 Å². The van der Waals surface area contributed by atoms with Crippen molar-refractivity contribution in [1.82, 2.24) is 16.0 Å². The number of aromatic hydroxyl groups is 1. The fourth-order valence-electron chi connectivity index (χ4n) is 2.30. The summed E-state index contributed by atoms with van der Waals surface area (Å²) >= 11 is 0. The third kappa shape index (κ3) is 8.15. The molecule has 11 nitrogen and oxygen atoms in total. The van der Waals surface area contributed by atoms with Crippen LogP contribution in [0, 0.1) is 0 Å².